The fourth-order valence-corrected chi connectivity index (χ4v) is 3.75. The third kappa shape index (κ3) is 4.26. The first kappa shape index (κ1) is 18.9. The molecule has 0 unspecified atom stereocenters. The monoisotopic (exact) mass is 378 g/mol. The number of anilines is 2. The summed E-state index contributed by atoms with van der Waals surface area (Å²) in [5.74, 6) is -0.444. The first-order valence-corrected chi connectivity index (χ1v) is 9.53. The maximum atomic E-state index is 12.9. The summed E-state index contributed by atoms with van der Waals surface area (Å²) in [7, 11) is 0. The third-order valence-electron chi connectivity index (χ3n) is 4.46. The average Bonchev–Trinajstić information content (AvgIpc) is 2.91. The van der Waals surface area contributed by atoms with Crippen LogP contribution in [0.2, 0.25) is 0 Å². The molecule has 0 aliphatic heterocycles. The van der Waals surface area contributed by atoms with E-state index in [0.717, 1.165) is 27.3 Å². The van der Waals surface area contributed by atoms with Gasteiger partial charge in [0.2, 0.25) is 0 Å². The van der Waals surface area contributed by atoms with Crippen LogP contribution in [0.5, 0.6) is 0 Å². The molecule has 2 aromatic carbocycles. The van der Waals surface area contributed by atoms with Gasteiger partial charge >= 0.3 is 0 Å². The van der Waals surface area contributed by atoms with Gasteiger partial charge in [-0.05, 0) is 57.5 Å². The Labute approximate surface area is 163 Å². The molecule has 2 N–H and O–H groups in total. The summed E-state index contributed by atoms with van der Waals surface area (Å²) in [4.78, 5) is 26.4. The molecule has 2 amide bonds. The molecule has 1 heterocycles. The van der Waals surface area contributed by atoms with Crippen molar-refractivity contribution in [3.8, 4) is 0 Å². The minimum atomic E-state index is -0.222. The highest BCUT2D eigenvalue weighted by atomic mass is 32.1. The van der Waals surface area contributed by atoms with Crippen molar-refractivity contribution in [2.45, 2.75) is 27.7 Å². The Balaban J connectivity index is 1.85. The minimum Gasteiger partial charge on any atom is -0.322 e. The van der Waals surface area contributed by atoms with Crippen molar-refractivity contribution in [3.05, 3.63) is 81.2 Å². The molecule has 0 bridgehead atoms. The first-order chi connectivity index (χ1) is 12.8. The van der Waals surface area contributed by atoms with E-state index < -0.39 is 0 Å². The summed E-state index contributed by atoms with van der Waals surface area (Å²) in [6, 6.07) is 15.0. The summed E-state index contributed by atoms with van der Waals surface area (Å²) in [5.41, 5.74) is 4.90. The van der Waals surface area contributed by atoms with Crippen LogP contribution in [0.1, 0.15) is 42.3 Å². The van der Waals surface area contributed by atoms with E-state index in [0.29, 0.717) is 16.1 Å². The van der Waals surface area contributed by atoms with Gasteiger partial charge in [0.25, 0.3) is 11.8 Å². The third-order valence-corrected chi connectivity index (χ3v) is 5.59. The van der Waals surface area contributed by atoms with Crippen molar-refractivity contribution < 1.29 is 9.59 Å². The lowest BCUT2D eigenvalue weighted by Crippen LogP contribution is -2.17. The molecule has 4 nitrogen and oxygen atoms in total. The molecule has 0 aliphatic carbocycles. The van der Waals surface area contributed by atoms with Crippen LogP contribution in [0.15, 0.2) is 48.5 Å². The van der Waals surface area contributed by atoms with Gasteiger partial charge in [0.1, 0.15) is 5.00 Å². The van der Waals surface area contributed by atoms with Gasteiger partial charge in [-0.1, -0.05) is 35.4 Å². The van der Waals surface area contributed by atoms with Gasteiger partial charge in [0.05, 0.1) is 5.56 Å². The van der Waals surface area contributed by atoms with E-state index in [1.54, 1.807) is 12.1 Å². The molecule has 27 heavy (non-hydrogen) atoms. The minimum absolute atomic E-state index is 0.222. The van der Waals surface area contributed by atoms with Gasteiger partial charge in [0.15, 0.2) is 0 Å². The number of amides is 2. The van der Waals surface area contributed by atoms with Crippen LogP contribution < -0.4 is 10.6 Å². The van der Waals surface area contributed by atoms with Crippen LogP contribution in [-0.2, 0) is 0 Å². The summed E-state index contributed by atoms with van der Waals surface area (Å²) in [6.07, 6.45) is 0. The number of aryl methyl sites for hydroxylation is 3. The molecule has 0 saturated carbocycles. The number of benzene rings is 2. The number of rotatable bonds is 4. The molecule has 1 aromatic heterocycles. The Morgan fingerprint density at radius 1 is 0.741 bits per heavy atom. The molecule has 3 rings (SSSR count). The Kier molecular flexibility index (Phi) is 5.42. The second-order valence-corrected chi connectivity index (χ2v) is 7.85. The van der Waals surface area contributed by atoms with Crippen LogP contribution in [0.3, 0.4) is 0 Å². The number of carbonyl (C=O) groups excluding carboxylic acids is 2. The van der Waals surface area contributed by atoms with Crippen LogP contribution in [0, 0.1) is 27.7 Å². The number of thiophene rings is 1. The number of hydrogen-bond acceptors (Lipinski definition) is 3. The summed E-state index contributed by atoms with van der Waals surface area (Å²) in [6.45, 7) is 7.82. The second-order valence-electron chi connectivity index (χ2n) is 6.63. The smallest absolute Gasteiger partial charge is 0.258 e. The Bertz CT molecular complexity index is 986. The molecule has 0 atom stereocenters. The van der Waals surface area contributed by atoms with Crippen molar-refractivity contribution in [1.29, 1.82) is 0 Å². The van der Waals surface area contributed by atoms with Crippen LogP contribution in [0.4, 0.5) is 10.7 Å². The lowest BCUT2D eigenvalue weighted by molar-refractivity contribution is 0.102. The maximum Gasteiger partial charge on any atom is 0.258 e. The topological polar surface area (TPSA) is 58.2 Å². The highest BCUT2D eigenvalue weighted by Crippen LogP contribution is 2.33. The molecular formula is C22H22N2O2S. The van der Waals surface area contributed by atoms with Crippen molar-refractivity contribution >= 4 is 33.8 Å². The first-order valence-electron chi connectivity index (χ1n) is 8.71. The molecule has 0 fully saturated rings. The van der Waals surface area contributed by atoms with Gasteiger partial charge in [-0.3, -0.25) is 9.59 Å². The largest absolute Gasteiger partial charge is 0.322 e. The van der Waals surface area contributed by atoms with Crippen molar-refractivity contribution in [2.75, 3.05) is 10.6 Å². The summed E-state index contributed by atoms with van der Waals surface area (Å²) in [5, 5.41) is 6.39. The van der Waals surface area contributed by atoms with Gasteiger partial charge in [0, 0.05) is 16.1 Å². The normalized spacial score (nSPS) is 10.5. The fourth-order valence-electron chi connectivity index (χ4n) is 2.70. The summed E-state index contributed by atoms with van der Waals surface area (Å²) >= 11 is 1.42. The zero-order valence-corrected chi connectivity index (χ0v) is 16.7. The van der Waals surface area contributed by atoms with E-state index in [4.69, 9.17) is 0 Å². The average molecular weight is 378 g/mol. The Morgan fingerprint density at radius 2 is 1.30 bits per heavy atom. The van der Waals surface area contributed by atoms with E-state index in [-0.39, 0.29) is 11.8 Å². The molecule has 5 heteroatoms. The summed E-state index contributed by atoms with van der Waals surface area (Å²) < 4.78 is 0. The van der Waals surface area contributed by atoms with Crippen molar-refractivity contribution in [2.24, 2.45) is 0 Å². The van der Waals surface area contributed by atoms with Crippen LogP contribution >= 0.6 is 11.3 Å². The number of carbonyl (C=O) groups is 2. The Morgan fingerprint density at radius 3 is 1.89 bits per heavy atom. The maximum absolute atomic E-state index is 12.9. The highest BCUT2D eigenvalue weighted by Gasteiger charge is 2.21. The van der Waals surface area contributed by atoms with Crippen molar-refractivity contribution in [3.63, 3.8) is 0 Å². The van der Waals surface area contributed by atoms with Crippen LogP contribution in [-0.4, -0.2) is 11.8 Å². The van der Waals surface area contributed by atoms with Crippen molar-refractivity contribution in [1.82, 2.24) is 0 Å². The molecule has 0 spiro atoms. The quantitative estimate of drug-likeness (QED) is 0.631. The number of nitrogens with one attached hydrogen (secondary N) is 2. The van der Waals surface area contributed by atoms with E-state index in [9.17, 15) is 9.59 Å². The molecule has 0 saturated heterocycles. The zero-order valence-electron chi connectivity index (χ0n) is 15.8. The molecule has 3 aromatic rings. The predicted molar refractivity (Wildman–Crippen MR) is 112 cm³/mol. The predicted octanol–water partition coefficient (Wildman–Crippen LogP) is 5.49. The van der Waals surface area contributed by atoms with Gasteiger partial charge in [-0.25, -0.2) is 0 Å². The SMILES string of the molecule is Cc1ccc(NC(=O)c2c(NC(=O)c3ccc(C)cc3)sc(C)c2C)cc1. The lowest BCUT2D eigenvalue weighted by atomic mass is 10.1. The van der Waals surface area contributed by atoms with E-state index in [2.05, 4.69) is 10.6 Å². The molecule has 0 aliphatic rings. The Hall–Kier alpha value is -2.92. The van der Waals surface area contributed by atoms with Gasteiger partial charge < -0.3 is 10.6 Å². The highest BCUT2D eigenvalue weighted by molar-refractivity contribution is 7.16. The zero-order chi connectivity index (χ0) is 19.6. The number of hydrogen-bond donors (Lipinski definition) is 2. The van der Waals surface area contributed by atoms with E-state index >= 15 is 0 Å². The van der Waals surface area contributed by atoms with E-state index in [1.807, 2.05) is 64.1 Å². The standard InChI is InChI=1S/C22H22N2O2S/c1-13-5-9-17(10-6-13)20(25)24-22-19(15(3)16(4)27-22)21(26)23-18-11-7-14(2)8-12-18/h5-12H,1-4H3,(H,23,26)(H,24,25). The second kappa shape index (κ2) is 7.76. The lowest BCUT2D eigenvalue weighted by Gasteiger charge is -2.09. The van der Waals surface area contributed by atoms with Gasteiger partial charge in [-0.15, -0.1) is 11.3 Å². The fraction of sp³-hybridized carbons (Fsp3) is 0.182. The van der Waals surface area contributed by atoms with Gasteiger partial charge in [-0.2, -0.15) is 0 Å². The molecule has 138 valence electrons. The van der Waals surface area contributed by atoms with E-state index in [1.165, 1.54) is 11.3 Å². The molecule has 0 radical (unpaired) electrons. The van der Waals surface area contributed by atoms with Crippen LogP contribution in [0.25, 0.3) is 0 Å². The molecular weight excluding hydrogens is 356 g/mol.